The largest absolute Gasteiger partial charge is 0.0771 e. The van der Waals surface area contributed by atoms with Crippen molar-refractivity contribution in [1.82, 2.24) is 0 Å². The van der Waals surface area contributed by atoms with Gasteiger partial charge in [-0.05, 0) is 12.0 Å². The Bertz CT molecular complexity index is 181. The predicted molar refractivity (Wildman–Crippen MR) is 53.2 cm³/mol. The Morgan fingerprint density at radius 3 is 2.40 bits per heavy atom. The van der Waals surface area contributed by atoms with Crippen LogP contribution in [0, 0.1) is 6.42 Å². The molecular formula is C9H10I. The molecule has 0 nitrogen and oxygen atoms in total. The molecule has 0 aliphatic heterocycles. The van der Waals surface area contributed by atoms with Crippen LogP contribution in [0.15, 0.2) is 30.3 Å². The highest BCUT2D eigenvalue weighted by Crippen LogP contribution is 2.24. The number of rotatable bonds is 2. The van der Waals surface area contributed by atoms with Crippen LogP contribution >= 0.6 is 22.6 Å². The van der Waals surface area contributed by atoms with Crippen molar-refractivity contribution in [2.45, 2.75) is 10.8 Å². The van der Waals surface area contributed by atoms with Gasteiger partial charge in [-0.1, -0.05) is 59.8 Å². The van der Waals surface area contributed by atoms with E-state index in [1.165, 1.54) is 5.56 Å². The van der Waals surface area contributed by atoms with E-state index in [-0.39, 0.29) is 0 Å². The molecule has 1 heteroatoms. The number of hydrogen-bond donors (Lipinski definition) is 0. The molecule has 0 aromatic heterocycles. The minimum absolute atomic E-state index is 0.554. The third-order valence-corrected chi connectivity index (χ3v) is 2.85. The van der Waals surface area contributed by atoms with Crippen molar-refractivity contribution in [3.63, 3.8) is 0 Å². The van der Waals surface area contributed by atoms with Gasteiger partial charge in [-0.15, -0.1) is 0 Å². The SMILES string of the molecule is C[CH]C(I)c1ccccc1. The lowest BCUT2D eigenvalue weighted by Crippen LogP contribution is -1.85. The van der Waals surface area contributed by atoms with Crippen LogP contribution < -0.4 is 0 Å². The minimum Gasteiger partial charge on any atom is -0.0771 e. The maximum atomic E-state index is 2.42. The van der Waals surface area contributed by atoms with Crippen LogP contribution in [0.2, 0.25) is 0 Å². The standard InChI is InChI=1S/C9H10I/c1-2-9(10)8-6-4-3-5-7-8/h2-7,9H,1H3. The Morgan fingerprint density at radius 1 is 1.30 bits per heavy atom. The van der Waals surface area contributed by atoms with Crippen LogP contribution in [0.3, 0.4) is 0 Å². The van der Waals surface area contributed by atoms with Gasteiger partial charge in [0.05, 0.1) is 0 Å². The summed E-state index contributed by atoms with van der Waals surface area (Å²) in [4.78, 5) is 0. The van der Waals surface area contributed by atoms with Gasteiger partial charge in [0, 0.05) is 3.92 Å². The highest BCUT2D eigenvalue weighted by Gasteiger charge is 2.01. The van der Waals surface area contributed by atoms with Crippen LogP contribution in [0.1, 0.15) is 16.4 Å². The van der Waals surface area contributed by atoms with Gasteiger partial charge in [0.1, 0.15) is 0 Å². The van der Waals surface area contributed by atoms with E-state index in [1.54, 1.807) is 0 Å². The fraction of sp³-hybridized carbons (Fsp3) is 0.222. The molecule has 1 aromatic carbocycles. The third-order valence-electron chi connectivity index (χ3n) is 1.41. The molecule has 0 aliphatic rings. The molecule has 0 spiro atoms. The monoisotopic (exact) mass is 245 g/mol. The fourth-order valence-corrected chi connectivity index (χ4v) is 1.24. The molecule has 0 saturated carbocycles. The lowest BCUT2D eigenvalue weighted by Gasteiger charge is -2.04. The van der Waals surface area contributed by atoms with Crippen LogP contribution in [0.4, 0.5) is 0 Å². The van der Waals surface area contributed by atoms with Crippen LogP contribution in [-0.2, 0) is 0 Å². The molecule has 0 N–H and O–H groups in total. The van der Waals surface area contributed by atoms with Crippen molar-refractivity contribution < 1.29 is 0 Å². The van der Waals surface area contributed by atoms with E-state index in [4.69, 9.17) is 0 Å². The zero-order valence-electron chi connectivity index (χ0n) is 5.92. The second kappa shape index (κ2) is 3.96. The Morgan fingerprint density at radius 2 is 1.90 bits per heavy atom. The summed E-state index contributed by atoms with van der Waals surface area (Å²) >= 11 is 2.42. The summed E-state index contributed by atoms with van der Waals surface area (Å²) in [5, 5.41) is 0. The van der Waals surface area contributed by atoms with Crippen LogP contribution in [-0.4, -0.2) is 0 Å². The van der Waals surface area contributed by atoms with Crippen molar-refractivity contribution in [1.29, 1.82) is 0 Å². The first-order valence-electron chi connectivity index (χ1n) is 3.33. The normalized spacial score (nSPS) is 13.0. The van der Waals surface area contributed by atoms with Crippen molar-refractivity contribution in [3.05, 3.63) is 42.3 Å². The van der Waals surface area contributed by atoms with Gasteiger partial charge >= 0.3 is 0 Å². The molecule has 1 unspecified atom stereocenters. The zero-order valence-corrected chi connectivity index (χ0v) is 8.08. The summed E-state index contributed by atoms with van der Waals surface area (Å²) in [5.41, 5.74) is 1.38. The van der Waals surface area contributed by atoms with Crippen LogP contribution in [0.5, 0.6) is 0 Å². The lowest BCUT2D eigenvalue weighted by atomic mass is 10.1. The van der Waals surface area contributed by atoms with E-state index in [0.29, 0.717) is 3.92 Å². The first-order valence-corrected chi connectivity index (χ1v) is 4.57. The van der Waals surface area contributed by atoms with Gasteiger partial charge < -0.3 is 0 Å². The van der Waals surface area contributed by atoms with Gasteiger partial charge in [0.25, 0.3) is 0 Å². The summed E-state index contributed by atoms with van der Waals surface area (Å²) in [5.74, 6) is 0. The predicted octanol–water partition coefficient (Wildman–Crippen LogP) is 3.39. The molecular weight excluding hydrogens is 235 g/mol. The summed E-state index contributed by atoms with van der Waals surface area (Å²) in [6, 6.07) is 10.5. The highest BCUT2D eigenvalue weighted by atomic mass is 127. The van der Waals surface area contributed by atoms with E-state index in [0.717, 1.165) is 0 Å². The van der Waals surface area contributed by atoms with Gasteiger partial charge in [0.15, 0.2) is 0 Å². The molecule has 0 fully saturated rings. The number of benzene rings is 1. The second-order valence-corrected chi connectivity index (χ2v) is 3.49. The molecule has 53 valence electrons. The maximum absolute atomic E-state index is 2.42. The molecule has 10 heavy (non-hydrogen) atoms. The smallest absolute Gasteiger partial charge is 0.0388 e. The van der Waals surface area contributed by atoms with E-state index >= 15 is 0 Å². The molecule has 0 aliphatic carbocycles. The fourth-order valence-electron chi connectivity index (χ4n) is 0.829. The average molecular weight is 245 g/mol. The molecule has 0 amide bonds. The average Bonchev–Trinajstić information content (AvgIpc) is 2.05. The van der Waals surface area contributed by atoms with Gasteiger partial charge in [-0.25, -0.2) is 0 Å². The molecule has 1 radical (unpaired) electrons. The van der Waals surface area contributed by atoms with E-state index in [2.05, 4.69) is 60.2 Å². The van der Waals surface area contributed by atoms with Crippen molar-refractivity contribution >= 4 is 22.6 Å². The van der Waals surface area contributed by atoms with Crippen molar-refractivity contribution in [2.24, 2.45) is 0 Å². The summed E-state index contributed by atoms with van der Waals surface area (Å²) in [7, 11) is 0. The maximum Gasteiger partial charge on any atom is 0.0388 e. The van der Waals surface area contributed by atoms with Crippen LogP contribution in [0.25, 0.3) is 0 Å². The zero-order chi connectivity index (χ0) is 7.40. The highest BCUT2D eigenvalue weighted by molar-refractivity contribution is 14.1. The summed E-state index contributed by atoms with van der Waals surface area (Å²) in [6.45, 7) is 2.09. The Labute approximate surface area is 75.8 Å². The molecule has 1 aromatic rings. The second-order valence-electron chi connectivity index (χ2n) is 2.15. The van der Waals surface area contributed by atoms with Gasteiger partial charge in [-0.3, -0.25) is 0 Å². The summed E-state index contributed by atoms with van der Waals surface area (Å²) in [6.07, 6.45) is 2.19. The number of halogens is 1. The molecule has 0 bridgehead atoms. The Balaban J connectivity index is 2.75. The Hall–Kier alpha value is -0.0500. The lowest BCUT2D eigenvalue weighted by molar-refractivity contribution is 1.15. The minimum atomic E-state index is 0.554. The summed E-state index contributed by atoms with van der Waals surface area (Å²) < 4.78 is 0.554. The van der Waals surface area contributed by atoms with Gasteiger partial charge in [-0.2, -0.15) is 0 Å². The molecule has 0 heterocycles. The quantitative estimate of drug-likeness (QED) is 0.553. The van der Waals surface area contributed by atoms with Gasteiger partial charge in [0.2, 0.25) is 0 Å². The first-order chi connectivity index (χ1) is 4.84. The molecule has 1 atom stereocenters. The van der Waals surface area contributed by atoms with E-state index in [1.807, 2.05) is 6.07 Å². The van der Waals surface area contributed by atoms with E-state index < -0.39 is 0 Å². The third kappa shape index (κ3) is 1.97. The van der Waals surface area contributed by atoms with Crippen molar-refractivity contribution in [2.75, 3.05) is 0 Å². The number of hydrogen-bond acceptors (Lipinski definition) is 0. The molecule has 1 rings (SSSR count). The van der Waals surface area contributed by atoms with E-state index in [9.17, 15) is 0 Å². The molecule has 0 saturated heterocycles. The van der Waals surface area contributed by atoms with Crippen molar-refractivity contribution in [3.8, 4) is 0 Å². The topological polar surface area (TPSA) is 0 Å². The first kappa shape index (κ1) is 8.05. The Kier molecular flexibility index (Phi) is 3.19. The number of alkyl halides is 1.